The average molecular weight is 388 g/mol. The van der Waals surface area contributed by atoms with Crippen LogP contribution in [0.1, 0.15) is 57.4 Å². The van der Waals surface area contributed by atoms with Crippen molar-refractivity contribution in [2.75, 3.05) is 6.61 Å². The maximum Gasteiger partial charge on any atom is 0.119 e. The van der Waals surface area contributed by atoms with Gasteiger partial charge in [0.25, 0.3) is 0 Å². The van der Waals surface area contributed by atoms with E-state index in [0.29, 0.717) is 0 Å². The lowest BCUT2D eigenvalue weighted by Gasteiger charge is -2.08. The maximum absolute atomic E-state index is 5.89. The highest BCUT2D eigenvalue weighted by Crippen LogP contribution is 2.24. The lowest BCUT2D eigenvalue weighted by molar-refractivity contribution is 0.304. The zero-order chi connectivity index (χ0) is 20.3. The summed E-state index contributed by atoms with van der Waals surface area (Å²) in [7, 11) is 0. The Morgan fingerprint density at radius 2 is 1.28 bits per heavy atom. The van der Waals surface area contributed by atoms with Gasteiger partial charge < -0.3 is 4.74 Å². The minimum atomic E-state index is 0.802. The van der Waals surface area contributed by atoms with E-state index < -0.39 is 0 Å². The van der Waals surface area contributed by atoms with E-state index in [1.807, 2.05) is 18.3 Å². The maximum atomic E-state index is 5.89. The Morgan fingerprint density at radius 3 is 1.93 bits per heavy atom. The molecule has 152 valence electrons. The minimum Gasteiger partial charge on any atom is -0.494 e. The van der Waals surface area contributed by atoms with Gasteiger partial charge in [0.2, 0.25) is 0 Å². The molecule has 0 N–H and O–H groups in total. The Kier molecular flexibility index (Phi) is 8.30. The summed E-state index contributed by atoms with van der Waals surface area (Å²) in [5.74, 6) is 0.941. The van der Waals surface area contributed by atoms with Crippen LogP contribution in [0.4, 0.5) is 0 Å². The Labute approximate surface area is 176 Å². The van der Waals surface area contributed by atoms with Gasteiger partial charge in [-0.3, -0.25) is 4.98 Å². The lowest BCUT2D eigenvalue weighted by Crippen LogP contribution is -1.97. The van der Waals surface area contributed by atoms with E-state index >= 15 is 0 Å². The molecule has 0 fully saturated rings. The Bertz CT molecular complexity index is 835. The monoisotopic (exact) mass is 387 g/mol. The van der Waals surface area contributed by atoms with Crippen molar-refractivity contribution in [1.29, 1.82) is 0 Å². The zero-order valence-electron chi connectivity index (χ0n) is 17.9. The predicted octanol–water partition coefficient (Wildman–Crippen LogP) is 7.85. The van der Waals surface area contributed by atoms with E-state index in [4.69, 9.17) is 4.74 Å². The number of nitrogens with zero attached hydrogens (tertiary/aromatic N) is 1. The smallest absolute Gasteiger partial charge is 0.119 e. The molecule has 2 aromatic carbocycles. The van der Waals surface area contributed by atoms with E-state index in [1.165, 1.54) is 49.7 Å². The molecule has 3 rings (SSSR count). The Morgan fingerprint density at radius 1 is 0.655 bits per heavy atom. The molecule has 0 saturated heterocycles. The largest absolute Gasteiger partial charge is 0.494 e. The van der Waals surface area contributed by atoms with Crippen molar-refractivity contribution in [2.45, 2.75) is 58.8 Å². The van der Waals surface area contributed by atoms with Crippen LogP contribution < -0.4 is 4.74 Å². The molecule has 0 amide bonds. The van der Waals surface area contributed by atoms with E-state index in [9.17, 15) is 0 Å². The highest BCUT2D eigenvalue weighted by atomic mass is 16.5. The molecule has 0 bridgehead atoms. The van der Waals surface area contributed by atoms with Gasteiger partial charge in [-0.15, -0.1) is 0 Å². The van der Waals surface area contributed by atoms with Gasteiger partial charge in [-0.25, -0.2) is 0 Å². The van der Waals surface area contributed by atoms with E-state index in [0.717, 1.165) is 35.6 Å². The van der Waals surface area contributed by atoms with Crippen molar-refractivity contribution in [2.24, 2.45) is 0 Å². The molecular weight excluding hydrogens is 354 g/mol. The molecule has 2 nitrogen and oxygen atoms in total. The molecule has 1 heterocycles. The summed E-state index contributed by atoms with van der Waals surface area (Å²) < 4.78 is 5.89. The first kappa shape index (κ1) is 21.1. The zero-order valence-corrected chi connectivity index (χ0v) is 17.9. The summed E-state index contributed by atoms with van der Waals surface area (Å²) in [6, 6.07) is 21.1. The first-order valence-electron chi connectivity index (χ1n) is 11.0. The molecule has 0 spiro atoms. The van der Waals surface area contributed by atoms with Crippen molar-refractivity contribution in [3.63, 3.8) is 0 Å². The van der Waals surface area contributed by atoms with Crippen LogP contribution in [0.15, 0.2) is 66.9 Å². The number of aromatic nitrogens is 1. The molecule has 0 aliphatic rings. The van der Waals surface area contributed by atoms with Crippen molar-refractivity contribution in [1.82, 2.24) is 4.98 Å². The van der Waals surface area contributed by atoms with Crippen LogP contribution in [0, 0.1) is 6.92 Å². The van der Waals surface area contributed by atoms with Crippen LogP contribution in [0.25, 0.3) is 22.4 Å². The number of pyridine rings is 1. The van der Waals surface area contributed by atoms with Crippen LogP contribution in [-0.2, 0) is 0 Å². The third kappa shape index (κ3) is 6.74. The molecule has 0 unspecified atom stereocenters. The molecule has 0 aliphatic heterocycles. The first-order chi connectivity index (χ1) is 14.3. The minimum absolute atomic E-state index is 0.802. The molecule has 29 heavy (non-hydrogen) atoms. The molecule has 0 radical (unpaired) electrons. The number of aryl methyl sites for hydroxylation is 1. The first-order valence-corrected chi connectivity index (χ1v) is 11.0. The summed E-state index contributed by atoms with van der Waals surface area (Å²) in [5, 5.41) is 0. The number of hydrogen-bond acceptors (Lipinski definition) is 2. The van der Waals surface area contributed by atoms with Gasteiger partial charge in [-0.2, -0.15) is 0 Å². The van der Waals surface area contributed by atoms with Crippen molar-refractivity contribution >= 4 is 0 Å². The number of ether oxygens (including phenoxy) is 1. The number of hydrogen-bond donors (Lipinski definition) is 0. The molecular formula is C27H33NO. The van der Waals surface area contributed by atoms with Crippen LogP contribution >= 0.6 is 0 Å². The fourth-order valence-corrected chi connectivity index (χ4v) is 3.45. The van der Waals surface area contributed by atoms with Crippen LogP contribution in [0.3, 0.4) is 0 Å². The fourth-order valence-electron chi connectivity index (χ4n) is 3.45. The van der Waals surface area contributed by atoms with Gasteiger partial charge in [-0.1, -0.05) is 81.3 Å². The highest BCUT2D eigenvalue weighted by molar-refractivity contribution is 5.67. The molecule has 0 aliphatic carbocycles. The van der Waals surface area contributed by atoms with Crippen molar-refractivity contribution < 1.29 is 4.74 Å². The molecule has 0 atom stereocenters. The Balaban J connectivity index is 1.46. The second-order valence-corrected chi connectivity index (χ2v) is 7.79. The predicted molar refractivity (Wildman–Crippen MR) is 123 cm³/mol. The van der Waals surface area contributed by atoms with E-state index in [1.54, 1.807) is 0 Å². The summed E-state index contributed by atoms with van der Waals surface area (Å²) in [6.45, 7) is 5.17. The SMILES string of the molecule is CCCCCCCCCOc1ccc(-c2ccc(-c3ccc(C)cc3)cn2)cc1. The van der Waals surface area contributed by atoms with Gasteiger partial charge in [0.05, 0.1) is 12.3 Å². The van der Waals surface area contributed by atoms with Gasteiger partial charge in [-0.05, 0) is 49.2 Å². The third-order valence-electron chi connectivity index (χ3n) is 5.32. The van der Waals surface area contributed by atoms with Crippen LogP contribution in [0.2, 0.25) is 0 Å². The molecule has 0 saturated carbocycles. The summed E-state index contributed by atoms with van der Waals surface area (Å²) >= 11 is 0. The van der Waals surface area contributed by atoms with Crippen molar-refractivity contribution in [3.8, 4) is 28.1 Å². The van der Waals surface area contributed by atoms with E-state index in [2.05, 4.69) is 67.4 Å². The summed E-state index contributed by atoms with van der Waals surface area (Å²) in [4.78, 5) is 4.65. The third-order valence-corrected chi connectivity index (χ3v) is 5.32. The van der Waals surface area contributed by atoms with Gasteiger partial charge >= 0.3 is 0 Å². The van der Waals surface area contributed by atoms with Crippen LogP contribution in [-0.4, -0.2) is 11.6 Å². The standard InChI is InChI=1S/C27H33NO/c1-3-4-5-6-7-8-9-20-29-26-17-14-24(15-18-26)27-19-16-25(21-28-27)23-12-10-22(2)11-13-23/h10-19,21H,3-9,20H2,1-2H3. The van der Waals surface area contributed by atoms with Gasteiger partial charge in [0.15, 0.2) is 0 Å². The topological polar surface area (TPSA) is 22.1 Å². The van der Waals surface area contributed by atoms with Crippen molar-refractivity contribution in [3.05, 3.63) is 72.4 Å². The fraction of sp³-hybridized carbons (Fsp3) is 0.370. The van der Waals surface area contributed by atoms with E-state index in [-0.39, 0.29) is 0 Å². The normalized spacial score (nSPS) is 10.8. The number of unbranched alkanes of at least 4 members (excludes halogenated alkanes) is 6. The second-order valence-electron chi connectivity index (χ2n) is 7.79. The number of rotatable bonds is 11. The average Bonchev–Trinajstić information content (AvgIpc) is 2.77. The summed E-state index contributed by atoms with van der Waals surface area (Å²) in [5.41, 5.74) is 5.71. The second kappa shape index (κ2) is 11.4. The molecule has 3 aromatic rings. The molecule has 2 heteroatoms. The molecule has 1 aromatic heterocycles. The lowest BCUT2D eigenvalue weighted by atomic mass is 10.0. The Hall–Kier alpha value is -2.61. The highest BCUT2D eigenvalue weighted by Gasteiger charge is 2.03. The quantitative estimate of drug-likeness (QED) is 0.312. The van der Waals surface area contributed by atoms with Gasteiger partial charge in [0.1, 0.15) is 5.75 Å². The number of benzene rings is 2. The van der Waals surface area contributed by atoms with Crippen LogP contribution in [0.5, 0.6) is 5.75 Å². The van der Waals surface area contributed by atoms with Gasteiger partial charge in [0, 0.05) is 17.3 Å². The summed E-state index contributed by atoms with van der Waals surface area (Å²) in [6.07, 6.45) is 11.1.